The molecule has 1 aromatic rings. The first-order valence-corrected chi connectivity index (χ1v) is 5.11. The Bertz CT molecular complexity index is 355. The van der Waals surface area contributed by atoms with Crippen molar-refractivity contribution in [2.24, 2.45) is 0 Å². The van der Waals surface area contributed by atoms with Gasteiger partial charge in [0.2, 0.25) is 5.91 Å². The molecule has 0 aromatic carbocycles. The number of hydrogen-bond donors (Lipinski definition) is 2. The van der Waals surface area contributed by atoms with Crippen LogP contribution in [0.15, 0.2) is 0 Å². The lowest BCUT2D eigenvalue weighted by Gasteiger charge is -2.15. The Hall–Kier alpha value is -0.970. The van der Waals surface area contributed by atoms with Crippen LogP contribution in [0.3, 0.4) is 0 Å². The first kappa shape index (κ1) is 9.58. The van der Waals surface area contributed by atoms with E-state index in [0.29, 0.717) is 13.0 Å². The SMILES string of the molecule is Cc1n[nH]c(C)c1N1CC(S)CC1=O. The van der Waals surface area contributed by atoms with Gasteiger partial charge in [0.1, 0.15) is 0 Å². The topological polar surface area (TPSA) is 49.0 Å². The molecule has 1 aromatic heterocycles. The Morgan fingerprint density at radius 1 is 1.57 bits per heavy atom. The molecular weight excluding hydrogens is 198 g/mol. The van der Waals surface area contributed by atoms with Gasteiger partial charge in [0.15, 0.2) is 0 Å². The number of hydrogen-bond acceptors (Lipinski definition) is 3. The summed E-state index contributed by atoms with van der Waals surface area (Å²) in [6, 6.07) is 0. The fourth-order valence-electron chi connectivity index (χ4n) is 1.85. The molecule has 2 rings (SSSR count). The molecule has 0 bridgehead atoms. The molecule has 14 heavy (non-hydrogen) atoms. The number of anilines is 1. The van der Waals surface area contributed by atoms with Crippen molar-refractivity contribution in [1.29, 1.82) is 0 Å². The molecule has 1 saturated heterocycles. The molecule has 76 valence electrons. The third-order valence-electron chi connectivity index (χ3n) is 2.46. The molecule has 0 aliphatic carbocycles. The number of nitrogens with zero attached hydrogens (tertiary/aromatic N) is 2. The van der Waals surface area contributed by atoms with Gasteiger partial charge in [-0.05, 0) is 13.8 Å². The van der Waals surface area contributed by atoms with E-state index in [2.05, 4.69) is 22.8 Å². The molecule has 1 unspecified atom stereocenters. The van der Waals surface area contributed by atoms with Crippen molar-refractivity contribution in [3.63, 3.8) is 0 Å². The molecule has 4 nitrogen and oxygen atoms in total. The van der Waals surface area contributed by atoms with E-state index in [9.17, 15) is 4.79 Å². The van der Waals surface area contributed by atoms with Crippen LogP contribution in [-0.2, 0) is 4.79 Å². The molecule has 1 aliphatic rings. The highest BCUT2D eigenvalue weighted by Crippen LogP contribution is 2.28. The van der Waals surface area contributed by atoms with E-state index in [1.165, 1.54) is 0 Å². The van der Waals surface area contributed by atoms with Crippen LogP contribution in [0.2, 0.25) is 0 Å². The minimum atomic E-state index is 0.137. The molecule has 0 spiro atoms. The Morgan fingerprint density at radius 2 is 2.29 bits per heavy atom. The maximum absolute atomic E-state index is 11.6. The second kappa shape index (κ2) is 3.31. The van der Waals surface area contributed by atoms with E-state index in [4.69, 9.17) is 0 Å². The molecule has 1 atom stereocenters. The van der Waals surface area contributed by atoms with Crippen molar-refractivity contribution in [3.05, 3.63) is 11.4 Å². The molecule has 2 heterocycles. The second-order valence-electron chi connectivity index (χ2n) is 3.64. The van der Waals surface area contributed by atoms with E-state index in [1.54, 1.807) is 4.90 Å². The number of nitrogens with one attached hydrogen (secondary N) is 1. The van der Waals surface area contributed by atoms with Crippen LogP contribution in [0.4, 0.5) is 5.69 Å². The van der Waals surface area contributed by atoms with Gasteiger partial charge in [-0.2, -0.15) is 17.7 Å². The van der Waals surface area contributed by atoms with Gasteiger partial charge in [-0.15, -0.1) is 0 Å². The minimum Gasteiger partial charge on any atom is -0.308 e. The highest BCUT2D eigenvalue weighted by molar-refractivity contribution is 7.81. The Kier molecular flexibility index (Phi) is 2.26. The van der Waals surface area contributed by atoms with Crippen LogP contribution in [-0.4, -0.2) is 27.9 Å². The normalized spacial score (nSPS) is 22.1. The minimum absolute atomic E-state index is 0.137. The van der Waals surface area contributed by atoms with Gasteiger partial charge in [0.25, 0.3) is 0 Å². The molecule has 1 fully saturated rings. The number of H-pyrrole nitrogens is 1. The van der Waals surface area contributed by atoms with E-state index in [1.807, 2.05) is 13.8 Å². The summed E-state index contributed by atoms with van der Waals surface area (Å²) >= 11 is 4.32. The zero-order valence-electron chi connectivity index (χ0n) is 8.24. The van der Waals surface area contributed by atoms with Crippen molar-refractivity contribution in [2.45, 2.75) is 25.5 Å². The first-order chi connectivity index (χ1) is 6.59. The van der Waals surface area contributed by atoms with Crippen LogP contribution < -0.4 is 4.90 Å². The lowest BCUT2D eigenvalue weighted by molar-refractivity contribution is -0.117. The van der Waals surface area contributed by atoms with Gasteiger partial charge in [-0.25, -0.2) is 0 Å². The average molecular weight is 211 g/mol. The molecule has 1 N–H and O–H groups in total. The largest absolute Gasteiger partial charge is 0.308 e. The van der Waals surface area contributed by atoms with E-state index in [-0.39, 0.29) is 11.2 Å². The number of aromatic amines is 1. The van der Waals surface area contributed by atoms with Gasteiger partial charge in [0.05, 0.1) is 17.1 Å². The number of carbonyl (C=O) groups is 1. The summed E-state index contributed by atoms with van der Waals surface area (Å²) in [5.41, 5.74) is 2.74. The van der Waals surface area contributed by atoms with Crippen LogP contribution in [0.5, 0.6) is 0 Å². The van der Waals surface area contributed by atoms with Crippen LogP contribution in [0, 0.1) is 13.8 Å². The fraction of sp³-hybridized carbons (Fsp3) is 0.556. The summed E-state index contributed by atoms with van der Waals surface area (Å²) < 4.78 is 0. The molecule has 1 aliphatic heterocycles. The maximum atomic E-state index is 11.6. The Morgan fingerprint density at radius 3 is 2.71 bits per heavy atom. The summed E-state index contributed by atoms with van der Waals surface area (Å²) in [7, 11) is 0. The summed E-state index contributed by atoms with van der Waals surface area (Å²) in [4.78, 5) is 13.4. The molecular formula is C9H13N3OS. The highest BCUT2D eigenvalue weighted by Gasteiger charge is 2.30. The third kappa shape index (κ3) is 1.41. The summed E-state index contributed by atoms with van der Waals surface area (Å²) in [6.45, 7) is 4.51. The number of aryl methyl sites for hydroxylation is 2. The predicted molar refractivity (Wildman–Crippen MR) is 57.8 cm³/mol. The monoisotopic (exact) mass is 211 g/mol. The molecule has 0 saturated carbocycles. The maximum Gasteiger partial charge on any atom is 0.228 e. The van der Waals surface area contributed by atoms with E-state index < -0.39 is 0 Å². The first-order valence-electron chi connectivity index (χ1n) is 4.59. The number of carbonyl (C=O) groups excluding carboxylic acids is 1. The van der Waals surface area contributed by atoms with Crippen molar-refractivity contribution in [3.8, 4) is 0 Å². The summed E-state index contributed by atoms with van der Waals surface area (Å²) in [5.74, 6) is 0.137. The van der Waals surface area contributed by atoms with Gasteiger partial charge in [-0.1, -0.05) is 0 Å². The molecule has 0 radical (unpaired) electrons. The van der Waals surface area contributed by atoms with E-state index in [0.717, 1.165) is 17.1 Å². The standard InChI is InChI=1S/C9H13N3OS/c1-5-9(6(2)11-10-5)12-4-7(14)3-8(12)13/h7,14H,3-4H2,1-2H3,(H,10,11). The Balaban J connectivity index is 2.36. The third-order valence-corrected chi connectivity index (χ3v) is 2.81. The number of amides is 1. The van der Waals surface area contributed by atoms with Gasteiger partial charge < -0.3 is 4.90 Å². The number of aromatic nitrogens is 2. The highest BCUT2D eigenvalue weighted by atomic mass is 32.1. The van der Waals surface area contributed by atoms with Gasteiger partial charge >= 0.3 is 0 Å². The fourth-order valence-corrected chi connectivity index (χ4v) is 2.17. The van der Waals surface area contributed by atoms with Crippen LogP contribution in [0.1, 0.15) is 17.8 Å². The van der Waals surface area contributed by atoms with E-state index >= 15 is 0 Å². The number of thiol groups is 1. The van der Waals surface area contributed by atoms with Crippen molar-refractivity contribution in [2.75, 3.05) is 11.4 Å². The predicted octanol–water partition coefficient (Wildman–Crippen LogP) is 1.06. The summed E-state index contributed by atoms with van der Waals surface area (Å²) in [6.07, 6.45) is 0.521. The summed E-state index contributed by atoms with van der Waals surface area (Å²) in [5, 5.41) is 7.11. The zero-order valence-corrected chi connectivity index (χ0v) is 9.14. The van der Waals surface area contributed by atoms with Crippen molar-refractivity contribution >= 4 is 24.2 Å². The average Bonchev–Trinajstić information content (AvgIpc) is 2.57. The van der Waals surface area contributed by atoms with Crippen molar-refractivity contribution < 1.29 is 4.79 Å². The van der Waals surface area contributed by atoms with Gasteiger partial charge in [0, 0.05) is 18.2 Å². The zero-order chi connectivity index (χ0) is 10.3. The Labute approximate surface area is 88.1 Å². The smallest absolute Gasteiger partial charge is 0.228 e. The molecule has 5 heteroatoms. The molecule has 1 amide bonds. The van der Waals surface area contributed by atoms with Crippen LogP contribution in [0.25, 0.3) is 0 Å². The number of rotatable bonds is 1. The lowest BCUT2D eigenvalue weighted by Crippen LogP contribution is -2.25. The van der Waals surface area contributed by atoms with Gasteiger partial charge in [-0.3, -0.25) is 9.89 Å². The second-order valence-corrected chi connectivity index (χ2v) is 4.38. The van der Waals surface area contributed by atoms with Crippen molar-refractivity contribution in [1.82, 2.24) is 10.2 Å². The lowest BCUT2D eigenvalue weighted by atomic mass is 10.3. The quantitative estimate of drug-likeness (QED) is 0.682. The van der Waals surface area contributed by atoms with Crippen LogP contribution >= 0.6 is 12.6 Å².